The molecule has 0 spiro atoms. The summed E-state index contributed by atoms with van der Waals surface area (Å²) >= 11 is 6.01. The molecule has 1 heteroatoms. The summed E-state index contributed by atoms with van der Waals surface area (Å²) in [6.45, 7) is 3.80. The maximum Gasteiger partial charge on any atom is 0.0409 e. The first-order chi connectivity index (χ1) is 7.78. The van der Waals surface area contributed by atoms with Gasteiger partial charge in [-0.25, -0.2) is 0 Å². The summed E-state index contributed by atoms with van der Waals surface area (Å²) in [5.41, 5.74) is 6.52. The molecule has 0 nitrogen and oxygen atoms in total. The van der Waals surface area contributed by atoms with Gasteiger partial charge < -0.3 is 0 Å². The molecule has 1 aliphatic rings. The maximum absolute atomic E-state index is 6.01. The standard InChI is InChI=1S/C15H11Cl/c1-2-10-3-5-14-11(7-10)8-12-9-13(16)4-6-15(12)14/h2-7,9H,1,8H2. The van der Waals surface area contributed by atoms with Gasteiger partial charge in [-0.3, -0.25) is 0 Å². The van der Waals surface area contributed by atoms with Crippen LogP contribution < -0.4 is 0 Å². The van der Waals surface area contributed by atoms with Gasteiger partial charge in [0, 0.05) is 5.02 Å². The van der Waals surface area contributed by atoms with Crippen LogP contribution in [0.2, 0.25) is 5.02 Å². The molecule has 16 heavy (non-hydrogen) atoms. The highest BCUT2D eigenvalue weighted by Gasteiger charge is 2.18. The largest absolute Gasteiger partial charge is 0.0985 e. The van der Waals surface area contributed by atoms with Gasteiger partial charge in [-0.05, 0) is 46.4 Å². The minimum Gasteiger partial charge on any atom is -0.0985 e. The predicted molar refractivity (Wildman–Crippen MR) is 69.8 cm³/mol. The molecule has 0 aromatic heterocycles. The molecule has 0 saturated carbocycles. The van der Waals surface area contributed by atoms with Crippen molar-refractivity contribution < 1.29 is 0 Å². The van der Waals surface area contributed by atoms with Gasteiger partial charge in [0.15, 0.2) is 0 Å². The van der Waals surface area contributed by atoms with E-state index in [-0.39, 0.29) is 0 Å². The third-order valence-electron chi connectivity index (χ3n) is 3.10. The topological polar surface area (TPSA) is 0 Å². The van der Waals surface area contributed by atoms with Crippen molar-refractivity contribution in [1.29, 1.82) is 0 Å². The van der Waals surface area contributed by atoms with Crippen LogP contribution in [-0.2, 0) is 6.42 Å². The lowest BCUT2D eigenvalue weighted by molar-refractivity contribution is 1.26. The van der Waals surface area contributed by atoms with Gasteiger partial charge in [-0.1, -0.05) is 48.5 Å². The van der Waals surface area contributed by atoms with Crippen molar-refractivity contribution in [1.82, 2.24) is 0 Å². The van der Waals surface area contributed by atoms with Crippen LogP contribution in [0.1, 0.15) is 16.7 Å². The van der Waals surface area contributed by atoms with E-state index in [1.54, 1.807) is 0 Å². The van der Waals surface area contributed by atoms with E-state index in [0.717, 1.165) is 11.4 Å². The molecule has 0 heterocycles. The van der Waals surface area contributed by atoms with Gasteiger partial charge in [0.25, 0.3) is 0 Å². The summed E-state index contributed by atoms with van der Waals surface area (Å²) < 4.78 is 0. The monoisotopic (exact) mass is 226 g/mol. The first kappa shape index (κ1) is 9.68. The lowest BCUT2D eigenvalue weighted by Gasteiger charge is -2.01. The second kappa shape index (κ2) is 3.50. The van der Waals surface area contributed by atoms with E-state index >= 15 is 0 Å². The average Bonchev–Trinajstić information content (AvgIpc) is 2.64. The molecule has 0 amide bonds. The zero-order valence-electron chi connectivity index (χ0n) is 8.83. The average molecular weight is 227 g/mol. The number of rotatable bonds is 1. The Hall–Kier alpha value is -1.53. The molecule has 0 radical (unpaired) electrons. The molecule has 2 aromatic carbocycles. The van der Waals surface area contributed by atoms with Crippen LogP contribution in [0.3, 0.4) is 0 Å². The van der Waals surface area contributed by atoms with Crippen molar-refractivity contribution >= 4 is 17.7 Å². The van der Waals surface area contributed by atoms with E-state index < -0.39 is 0 Å². The summed E-state index contributed by atoms with van der Waals surface area (Å²) in [5.74, 6) is 0. The van der Waals surface area contributed by atoms with Crippen molar-refractivity contribution in [2.75, 3.05) is 0 Å². The summed E-state index contributed by atoms with van der Waals surface area (Å²) in [7, 11) is 0. The van der Waals surface area contributed by atoms with Gasteiger partial charge >= 0.3 is 0 Å². The van der Waals surface area contributed by atoms with E-state index in [1.165, 1.54) is 27.8 Å². The molecule has 0 unspecified atom stereocenters. The van der Waals surface area contributed by atoms with E-state index in [9.17, 15) is 0 Å². The van der Waals surface area contributed by atoms with Crippen molar-refractivity contribution in [3.63, 3.8) is 0 Å². The fourth-order valence-electron chi connectivity index (χ4n) is 2.33. The van der Waals surface area contributed by atoms with E-state index in [4.69, 9.17) is 11.6 Å². The predicted octanol–water partition coefficient (Wildman–Crippen LogP) is 4.55. The lowest BCUT2D eigenvalue weighted by Crippen LogP contribution is -1.81. The molecule has 0 bridgehead atoms. The van der Waals surface area contributed by atoms with Gasteiger partial charge in [-0.15, -0.1) is 0 Å². The molecule has 3 rings (SSSR count). The molecule has 0 atom stereocenters. The van der Waals surface area contributed by atoms with Crippen LogP contribution in [0.5, 0.6) is 0 Å². The summed E-state index contributed by atoms with van der Waals surface area (Å²) in [5, 5.41) is 0.815. The van der Waals surface area contributed by atoms with E-state index in [1.807, 2.05) is 12.1 Å². The Balaban J connectivity index is 2.19. The van der Waals surface area contributed by atoms with Gasteiger partial charge in [0.05, 0.1) is 0 Å². The number of halogens is 1. The molecule has 0 fully saturated rings. The molecular formula is C15H11Cl. The van der Waals surface area contributed by atoms with E-state index in [0.29, 0.717) is 0 Å². The molecule has 0 saturated heterocycles. The van der Waals surface area contributed by atoms with Crippen molar-refractivity contribution in [3.8, 4) is 11.1 Å². The zero-order valence-corrected chi connectivity index (χ0v) is 9.59. The molecular weight excluding hydrogens is 216 g/mol. The van der Waals surface area contributed by atoms with Crippen LogP contribution in [-0.4, -0.2) is 0 Å². The normalized spacial score (nSPS) is 12.1. The Morgan fingerprint density at radius 1 is 1.00 bits per heavy atom. The van der Waals surface area contributed by atoms with Crippen LogP contribution in [0.4, 0.5) is 0 Å². The van der Waals surface area contributed by atoms with Crippen LogP contribution in [0.25, 0.3) is 17.2 Å². The Kier molecular flexibility index (Phi) is 2.12. The van der Waals surface area contributed by atoms with Crippen LogP contribution in [0, 0.1) is 0 Å². The number of hydrogen-bond donors (Lipinski definition) is 0. The molecule has 0 aliphatic heterocycles. The minimum atomic E-state index is 0.815. The van der Waals surface area contributed by atoms with Gasteiger partial charge in [-0.2, -0.15) is 0 Å². The summed E-state index contributed by atoms with van der Waals surface area (Å²) in [6, 6.07) is 12.6. The highest BCUT2D eigenvalue weighted by molar-refractivity contribution is 6.30. The highest BCUT2D eigenvalue weighted by Crippen LogP contribution is 2.38. The molecule has 0 N–H and O–H groups in total. The third kappa shape index (κ3) is 1.38. The summed E-state index contributed by atoms with van der Waals surface area (Å²) in [6.07, 6.45) is 2.86. The Labute approximate surface area is 100 Å². The minimum absolute atomic E-state index is 0.815. The lowest BCUT2D eigenvalue weighted by atomic mass is 10.0. The van der Waals surface area contributed by atoms with E-state index in [2.05, 4.69) is 36.9 Å². The quantitative estimate of drug-likeness (QED) is 0.571. The van der Waals surface area contributed by atoms with Gasteiger partial charge in [0.2, 0.25) is 0 Å². The van der Waals surface area contributed by atoms with Crippen molar-refractivity contribution in [2.24, 2.45) is 0 Å². The van der Waals surface area contributed by atoms with Crippen molar-refractivity contribution in [2.45, 2.75) is 6.42 Å². The molecule has 1 aliphatic carbocycles. The van der Waals surface area contributed by atoms with Crippen molar-refractivity contribution in [3.05, 3.63) is 64.7 Å². The van der Waals surface area contributed by atoms with Crippen LogP contribution in [0.15, 0.2) is 43.0 Å². The zero-order chi connectivity index (χ0) is 11.1. The SMILES string of the molecule is C=Cc1ccc2c(c1)Cc1cc(Cl)ccc1-2. The smallest absolute Gasteiger partial charge is 0.0409 e. The first-order valence-electron chi connectivity index (χ1n) is 5.32. The molecule has 78 valence electrons. The second-order valence-electron chi connectivity index (χ2n) is 4.10. The third-order valence-corrected chi connectivity index (χ3v) is 3.34. The molecule has 2 aromatic rings. The summed E-state index contributed by atoms with van der Waals surface area (Å²) in [4.78, 5) is 0. The second-order valence-corrected chi connectivity index (χ2v) is 4.54. The number of hydrogen-bond acceptors (Lipinski definition) is 0. The number of benzene rings is 2. The Morgan fingerprint density at radius 3 is 2.44 bits per heavy atom. The fraction of sp³-hybridized carbons (Fsp3) is 0.0667. The maximum atomic E-state index is 6.01. The first-order valence-corrected chi connectivity index (χ1v) is 5.70. The van der Waals surface area contributed by atoms with Crippen LogP contribution >= 0.6 is 11.6 Å². The van der Waals surface area contributed by atoms with Gasteiger partial charge in [0.1, 0.15) is 0 Å². The number of fused-ring (bicyclic) bond motifs is 3. The highest BCUT2D eigenvalue weighted by atomic mass is 35.5. The Bertz CT molecular complexity index is 582. The fourth-order valence-corrected chi connectivity index (χ4v) is 2.52. The Morgan fingerprint density at radius 2 is 1.69 bits per heavy atom.